The summed E-state index contributed by atoms with van der Waals surface area (Å²) in [5, 5.41) is 2.41. The maximum Gasteiger partial charge on any atom is 0.138 e. The molecule has 0 spiro atoms. The molecule has 2 aromatic heterocycles. The fraction of sp³-hybridized carbons (Fsp3) is 0.0536. The molecule has 3 heterocycles. The Kier molecular flexibility index (Phi) is 7.69. The Hall–Kier alpha value is -7.69. The summed E-state index contributed by atoms with van der Waals surface area (Å²) in [6.45, 7) is 0.789. The number of anilines is 3. The minimum Gasteiger partial charge on any atom is -0.355 e. The van der Waals surface area contributed by atoms with Gasteiger partial charge in [-0.25, -0.2) is 4.98 Å². The number of para-hydroxylation sites is 3. The predicted octanol–water partition coefficient (Wildman–Crippen LogP) is 13.4. The van der Waals surface area contributed by atoms with Gasteiger partial charge in [-0.1, -0.05) is 158 Å². The molecule has 10 aromatic rings. The van der Waals surface area contributed by atoms with Crippen molar-refractivity contribution in [2.45, 2.75) is 5.41 Å². The van der Waals surface area contributed by atoms with E-state index in [1.165, 1.54) is 77.9 Å². The summed E-state index contributed by atoms with van der Waals surface area (Å²) >= 11 is 0. The first kappa shape index (κ1) is 34.4. The van der Waals surface area contributed by atoms with Crippen LogP contribution in [0.4, 0.5) is 17.1 Å². The lowest BCUT2D eigenvalue weighted by Gasteiger charge is -2.35. The number of hydrogen-bond acceptors (Lipinski definition) is 3. The number of nitrogens with zero attached hydrogens (tertiary/aromatic N) is 4. The summed E-state index contributed by atoms with van der Waals surface area (Å²) in [7, 11) is 2.18. The second-order valence-electron chi connectivity index (χ2n) is 16.0. The van der Waals surface area contributed by atoms with Gasteiger partial charge >= 0.3 is 0 Å². The fourth-order valence-corrected chi connectivity index (χ4v) is 10.3. The average molecular weight is 769 g/mol. The van der Waals surface area contributed by atoms with Crippen LogP contribution < -0.4 is 9.80 Å². The van der Waals surface area contributed by atoms with E-state index in [1.54, 1.807) is 0 Å². The second-order valence-corrected chi connectivity index (χ2v) is 16.0. The first-order valence-corrected chi connectivity index (χ1v) is 20.7. The largest absolute Gasteiger partial charge is 0.355 e. The van der Waals surface area contributed by atoms with Crippen LogP contribution in [0.15, 0.2) is 212 Å². The van der Waals surface area contributed by atoms with Crippen LogP contribution in [0.25, 0.3) is 61.0 Å². The molecular weight excluding hydrogens is 729 g/mol. The highest BCUT2D eigenvalue weighted by Crippen LogP contribution is 2.57. The Balaban J connectivity index is 1.10. The van der Waals surface area contributed by atoms with Crippen LogP contribution in [-0.2, 0) is 5.41 Å². The Bertz CT molecular complexity index is 3240. The van der Waals surface area contributed by atoms with E-state index >= 15 is 0 Å². The molecule has 1 aliphatic carbocycles. The van der Waals surface area contributed by atoms with Crippen molar-refractivity contribution < 1.29 is 0 Å². The number of benzene rings is 8. The van der Waals surface area contributed by atoms with Crippen molar-refractivity contribution in [3.05, 3.63) is 235 Å². The molecule has 4 nitrogen and oxygen atoms in total. The van der Waals surface area contributed by atoms with Gasteiger partial charge in [0.1, 0.15) is 5.82 Å². The molecule has 1 aliphatic heterocycles. The van der Waals surface area contributed by atoms with Crippen molar-refractivity contribution in [1.29, 1.82) is 0 Å². The van der Waals surface area contributed by atoms with E-state index in [0.29, 0.717) is 0 Å². The fourth-order valence-electron chi connectivity index (χ4n) is 10.3. The van der Waals surface area contributed by atoms with Gasteiger partial charge in [-0.05, 0) is 104 Å². The van der Waals surface area contributed by atoms with Crippen molar-refractivity contribution in [3.8, 4) is 39.2 Å². The zero-order valence-electron chi connectivity index (χ0n) is 33.2. The quantitative estimate of drug-likeness (QED) is 0.168. The molecule has 0 fully saturated rings. The Morgan fingerprint density at radius 2 is 1.07 bits per heavy atom. The van der Waals surface area contributed by atoms with Gasteiger partial charge in [0.05, 0.1) is 34.5 Å². The van der Waals surface area contributed by atoms with Gasteiger partial charge in [0.15, 0.2) is 0 Å². The van der Waals surface area contributed by atoms with Gasteiger partial charge in [0.2, 0.25) is 0 Å². The number of fused-ring (bicyclic) bond motifs is 7. The Labute approximate surface area is 349 Å². The molecule has 0 bridgehead atoms. The number of aromatic nitrogens is 2. The molecule has 0 amide bonds. The van der Waals surface area contributed by atoms with E-state index in [4.69, 9.17) is 4.98 Å². The van der Waals surface area contributed by atoms with E-state index in [1.807, 2.05) is 6.20 Å². The molecule has 12 rings (SSSR count). The summed E-state index contributed by atoms with van der Waals surface area (Å²) in [4.78, 5) is 9.89. The summed E-state index contributed by atoms with van der Waals surface area (Å²) in [6, 6.07) is 75.7. The highest BCUT2D eigenvalue weighted by molar-refractivity contribution is 6.09. The highest BCUT2D eigenvalue weighted by atomic mass is 15.4. The monoisotopic (exact) mass is 768 g/mol. The van der Waals surface area contributed by atoms with Crippen LogP contribution in [0.2, 0.25) is 0 Å². The van der Waals surface area contributed by atoms with E-state index in [2.05, 4.69) is 228 Å². The van der Waals surface area contributed by atoms with Gasteiger partial charge in [-0.15, -0.1) is 0 Å². The van der Waals surface area contributed by atoms with E-state index in [0.717, 1.165) is 29.1 Å². The smallest absolute Gasteiger partial charge is 0.138 e. The van der Waals surface area contributed by atoms with Gasteiger partial charge < -0.3 is 9.80 Å². The molecule has 0 N–H and O–H groups in total. The van der Waals surface area contributed by atoms with Crippen LogP contribution in [-0.4, -0.2) is 23.3 Å². The lowest BCUT2D eigenvalue weighted by molar-refractivity contribution is 0.768. The molecule has 0 unspecified atom stereocenters. The third kappa shape index (κ3) is 5.01. The molecule has 0 radical (unpaired) electrons. The standard InChI is InChI=1S/C56H40N4/c1-58-37-59(53-29-14-13-28-52(53)58)42-19-15-18-40(35-42)56(49-25-10-7-22-45(49)46-23-8-11-26-50(46)56)41-30-31-48-47-24-9-12-27-51(47)60(54(48)36-41)55-34-39(32-33-57-55)44-21-6-5-20-43(44)38-16-3-2-4-17-38/h2-36H,37H2,1H3. The Morgan fingerprint density at radius 3 is 1.85 bits per heavy atom. The van der Waals surface area contributed by atoms with Crippen molar-refractivity contribution >= 4 is 38.9 Å². The minimum absolute atomic E-state index is 0.590. The van der Waals surface area contributed by atoms with E-state index in [-0.39, 0.29) is 0 Å². The van der Waals surface area contributed by atoms with Crippen molar-refractivity contribution in [2.24, 2.45) is 0 Å². The van der Waals surface area contributed by atoms with Crippen LogP contribution in [0.1, 0.15) is 22.3 Å². The number of rotatable bonds is 6. The molecular formula is C56H40N4. The van der Waals surface area contributed by atoms with Crippen LogP contribution in [0, 0.1) is 0 Å². The zero-order valence-corrected chi connectivity index (χ0v) is 33.2. The van der Waals surface area contributed by atoms with Gasteiger partial charge in [-0.2, -0.15) is 0 Å². The van der Waals surface area contributed by atoms with Crippen LogP contribution >= 0.6 is 0 Å². The maximum absolute atomic E-state index is 5.12. The van der Waals surface area contributed by atoms with E-state index in [9.17, 15) is 0 Å². The first-order valence-electron chi connectivity index (χ1n) is 20.7. The van der Waals surface area contributed by atoms with Gasteiger partial charge in [0.25, 0.3) is 0 Å². The van der Waals surface area contributed by atoms with E-state index < -0.39 is 5.41 Å². The topological polar surface area (TPSA) is 24.3 Å². The number of pyridine rings is 1. The molecule has 2 aliphatic rings. The third-order valence-electron chi connectivity index (χ3n) is 12.9. The predicted molar refractivity (Wildman–Crippen MR) is 249 cm³/mol. The molecule has 8 aromatic carbocycles. The summed E-state index contributed by atoms with van der Waals surface area (Å²) in [6.07, 6.45) is 1.96. The molecule has 0 saturated carbocycles. The lowest BCUT2D eigenvalue weighted by Crippen LogP contribution is -2.29. The first-order chi connectivity index (χ1) is 29.7. The average Bonchev–Trinajstić information content (AvgIpc) is 3.95. The highest BCUT2D eigenvalue weighted by Gasteiger charge is 2.46. The summed E-state index contributed by atoms with van der Waals surface area (Å²) < 4.78 is 2.37. The van der Waals surface area contributed by atoms with Crippen LogP contribution in [0.3, 0.4) is 0 Å². The normalized spacial score (nSPS) is 13.8. The second kappa shape index (κ2) is 13.4. The third-order valence-corrected chi connectivity index (χ3v) is 12.9. The Morgan fingerprint density at radius 1 is 0.450 bits per heavy atom. The van der Waals surface area contributed by atoms with Gasteiger partial charge in [0, 0.05) is 29.7 Å². The molecule has 284 valence electrons. The summed E-state index contributed by atoms with van der Waals surface area (Å²) in [5.74, 6) is 0.888. The molecule has 0 atom stereocenters. The van der Waals surface area contributed by atoms with Crippen molar-refractivity contribution in [3.63, 3.8) is 0 Å². The number of hydrogen-bond donors (Lipinski definition) is 0. The lowest BCUT2D eigenvalue weighted by atomic mass is 9.67. The van der Waals surface area contributed by atoms with Gasteiger partial charge in [-0.3, -0.25) is 4.57 Å². The molecule has 0 saturated heterocycles. The summed E-state index contributed by atoms with van der Waals surface area (Å²) in [5.41, 5.74) is 17.6. The maximum atomic E-state index is 5.12. The molecule has 60 heavy (non-hydrogen) atoms. The van der Waals surface area contributed by atoms with Crippen molar-refractivity contribution in [1.82, 2.24) is 9.55 Å². The SMILES string of the molecule is CN1CN(c2cccc(C3(c4ccc5c6ccccc6n(-c6cc(-c7ccccc7-c7ccccc7)ccn6)c5c4)c4ccccc4-c4ccccc43)c2)c2ccccc21. The minimum atomic E-state index is -0.590. The van der Waals surface area contributed by atoms with Crippen molar-refractivity contribution in [2.75, 3.05) is 23.5 Å². The molecule has 4 heteroatoms. The van der Waals surface area contributed by atoms with Crippen LogP contribution in [0.5, 0.6) is 0 Å². The zero-order chi connectivity index (χ0) is 39.8.